The Morgan fingerprint density at radius 2 is 1.37 bits per heavy atom. The number of benzene rings is 4. The Hall–Kier alpha value is -3.62. The van der Waals surface area contributed by atoms with Gasteiger partial charge in [0.15, 0.2) is 29.1 Å². The lowest BCUT2D eigenvalue weighted by Crippen LogP contribution is -2.22. The zero-order valence-corrected chi connectivity index (χ0v) is 22.0. The molecule has 0 radical (unpaired) electrons. The summed E-state index contributed by atoms with van der Waals surface area (Å²) < 4.78 is 120. The van der Waals surface area contributed by atoms with Gasteiger partial charge in [0.2, 0.25) is 0 Å². The molecule has 0 heterocycles. The van der Waals surface area contributed by atoms with Crippen LogP contribution in [0.2, 0.25) is 0 Å². The molecule has 0 N–H and O–H groups in total. The van der Waals surface area contributed by atoms with E-state index in [-0.39, 0.29) is 34.6 Å². The Morgan fingerprint density at radius 3 is 1.98 bits per heavy atom. The second-order valence-electron chi connectivity index (χ2n) is 10.5. The molecule has 0 saturated heterocycles. The molecule has 1 aliphatic rings. The maximum absolute atomic E-state index is 15.5. The van der Waals surface area contributed by atoms with Gasteiger partial charge in [0, 0.05) is 17.7 Å². The molecule has 0 amide bonds. The third-order valence-corrected chi connectivity index (χ3v) is 7.87. The average Bonchev–Trinajstić information content (AvgIpc) is 2.94. The fraction of sp³-hybridized carbons (Fsp3) is 0.312. The molecule has 0 spiro atoms. The summed E-state index contributed by atoms with van der Waals surface area (Å²) in [5, 5.41) is -0.326. The molecule has 9 heteroatoms. The lowest BCUT2D eigenvalue weighted by Gasteiger charge is -2.29. The lowest BCUT2D eigenvalue weighted by molar-refractivity contribution is -0.185. The predicted molar refractivity (Wildman–Crippen MR) is 140 cm³/mol. The van der Waals surface area contributed by atoms with Gasteiger partial charge in [-0.15, -0.1) is 0 Å². The van der Waals surface area contributed by atoms with E-state index in [1.807, 2.05) is 0 Å². The fourth-order valence-corrected chi connectivity index (χ4v) is 5.73. The van der Waals surface area contributed by atoms with E-state index in [9.17, 15) is 22.0 Å². The second-order valence-corrected chi connectivity index (χ2v) is 10.5. The van der Waals surface area contributed by atoms with Gasteiger partial charge in [-0.2, -0.15) is 8.78 Å². The Kier molecular flexibility index (Phi) is 7.99. The van der Waals surface area contributed by atoms with Gasteiger partial charge in [-0.1, -0.05) is 44.0 Å². The van der Waals surface area contributed by atoms with Gasteiger partial charge in [0.1, 0.15) is 11.6 Å². The van der Waals surface area contributed by atoms with Crippen molar-refractivity contribution in [3.05, 3.63) is 101 Å². The van der Waals surface area contributed by atoms with Crippen LogP contribution in [0.3, 0.4) is 0 Å². The molecule has 0 atom stereocenters. The van der Waals surface area contributed by atoms with Crippen LogP contribution in [-0.4, -0.2) is 0 Å². The van der Waals surface area contributed by atoms with E-state index in [0.29, 0.717) is 11.5 Å². The summed E-state index contributed by atoms with van der Waals surface area (Å²) >= 11 is 0. The zero-order valence-electron chi connectivity index (χ0n) is 22.0. The highest BCUT2D eigenvalue weighted by Crippen LogP contribution is 2.42. The summed E-state index contributed by atoms with van der Waals surface area (Å²) in [7, 11) is 0. The molecule has 5 rings (SSSR count). The molecule has 0 aliphatic heterocycles. The molecule has 0 unspecified atom stereocenters. The Balaban J connectivity index is 1.41. The molecular formula is C32H26F8O. The molecule has 0 aromatic heterocycles. The van der Waals surface area contributed by atoms with E-state index in [0.717, 1.165) is 62.8 Å². The van der Waals surface area contributed by atoms with Crippen molar-refractivity contribution in [2.24, 2.45) is 5.92 Å². The molecule has 216 valence electrons. The SMILES string of the molecule is CCCC1CCC(c2ccc3cc(-c4ccc(C(F)(F)Oc5cc(F)c(F)c(F)c5)cc4)c(F)c(F)c3c2F)CC1. The molecule has 1 fully saturated rings. The van der Waals surface area contributed by atoms with Crippen LogP contribution in [-0.2, 0) is 6.11 Å². The summed E-state index contributed by atoms with van der Waals surface area (Å²) in [6, 6.07) is 8.85. The van der Waals surface area contributed by atoms with E-state index in [4.69, 9.17) is 0 Å². The number of halogens is 8. The quantitative estimate of drug-likeness (QED) is 0.157. The van der Waals surface area contributed by atoms with E-state index in [1.54, 1.807) is 6.07 Å². The second kappa shape index (κ2) is 11.3. The van der Waals surface area contributed by atoms with Crippen molar-refractivity contribution in [3.8, 4) is 16.9 Å². The van der Waals surface area contributed by atoms with Crippen molar-refractivity contribution in [2.75, 3.05) is 0 Å². The maximum atomic E-state index is 15.5. The number of ether oxygens (including phenoxy) is 1. The van der Waals surface area contributed by atoms with E-state index in [1.165, 1.54) is 12.1 Å². The van der Waals surface area contributed by atoms with Crippen LogP contribution in [0.25, 0.3) is 21.9 Å². The average molecular weight is 579 g/mol. The monoisotopic (exact) mass is 578 g/mol. The first-order chi connectivity index (χ1) is 19.5. The topological polar surface area (TPSA) is 9.23 Å². The van der Waals surface area contributed by atoms with Gasteiger partial charge in [-0.3, -0.25) is 0 Å². The van der Waals surface area contributed by atoms with E-state index < -0.39 is 57.7 Å². The van der Waals surface area contributed by atoms with Gasteiger partial charge >= 0.3 is 6.11 Å². The smallest absolute Gasteiger partial charge is 0.426 e. The molecule has 1 aliphatic carbocycles. The van der Waals surface area contributed by atoms with Crippen LogP contribution >= 0.6 is 0 Å². The maximum Gasteiger partial charge on any atom is 0.426 e. The van der Waals surface area contributed by atoms with Gasteiger partial charge in [-0.25, -0.2) is 26.3 Å². The predicted octanol–water partition coefficient (Wildman–Crippen LogP) is 10.5. The zero-order chi connectivity index (χ0) is 29.5. The van der Waals surface area contributed by atoms with Crippen molar-refractivity contribution >= 4 is 10.8 Å². The first-order valence-corrected chi connectivity index (χ1v) is 13.4. The molecule has 41 heavy (non-hydrogen) atoms. The third kappa shape index (κ3) is 5.63. The van der Waals surface area contributed by atoms with Crippen LogP contribution in [0.1, 0.15) is 62.5 Å². The molecule has 4 aromatic carbocycles. The van der Waals surface area contributed by atoms with Crippen LogP contribution in [0.4, 0.5) is 35.1 Å². The number of hydrogen-bond donors (Lipinski definition) is 0. The fourth-order valence-electron chi connectivity index (χ4n) is 5.73. The highest BCUT2D eigenvalue weighted by Gasteiger charge is 2.35. The summed E-state index contributed by atoms with van der Waals surface area (Å²) in [5.74, 6) is -9.15. The minimum atomic E-state index is -4.10. The summed E-state index contributed by atoms with van der Waals surface area (Å²) in [5.41, 5.74) is -0.635. The van der Waals surface area contributed by atoms with Gasteiger partial charge in [0.05, 0.1) is 10.9 Å². The Bertz CT molecular complexity index is 1550. The first kappa shape index (κ1) is 28.9. The van der Waals surface area contributed by atoms with Crippen molar-refractivity contribution in [1.29, 1.82) is 0 Å². The van der Waals surface area contributed by atoms with Crippen molar-refractivity contribution in [1.82, 2.24) is 0 Å². The van der Waals surface area contributed by atoms with Crippen molar-refractivity contribution < 1.29 is 39.9 Å². The first-order valence-electron chi connectivity index (χ1n) is 13.4. The molecule has 1 saturated carbocycles. The summed E-state index contributed by atoms with van der Waals surface area (Å²) in [6.45, 7) is 2.13. The molecule has 0 bridgehead atoms. The summed E-state index contributed by atoms with van der Waals surface area (Å²) in [6.07, 6.45) is 1.59. The summed E-state index contributed by atoms with van der Waals surface area (Å²) in [4.78, 5) is 0. The molecule has 4 aromatic rings. The van der Waals surface area contributed by atoms with Crippen LogP contribution < -0.4 is 4.74 Å². The van der Waals surface area contributed by atoms with Crippen LogP contribution in [0, 0.1) is 40.8 Å². The molecular weight excluding hydrogens is 552 g/mol. The highest BCUT2D eigenvalue weighted by atomic mass is 19.3. The lowest BCUT2D eigenvalue weighted by atomic mass is 9.77. The Morgan fingerprint density at radius 1 is 0.732 bits per heavy atom. The normalized spacial score (nSPS) is 17.7. The van der Waals surface area contributed by atoms with Crippen molar-refractivity contribution in [2.45, 2.75) is 57.5 Å². The number of fused-ring (bicyclic) bond motifs is 1. The standard InChI is InChI=1S/C32H26F8O/c1-2-3-17-4-6-18(7-5-17)23-13-10-20-14-24(29(36)31(38)27(20)28(23)35)19-8-11-21(12-9-19)32(39,40)41-22-15-25(33)30(37)26(34)16-22/h8-18H,2-7H2,1H3. The third-order valence-electron chi connectivity index (χ3n) is 7.87. The van der Waals surface area contributed by atoms with Gasteiger partial charge < -0.3 is 4.74 Å². The number of alkyl halides is 2. The largest absolute Gasteiger partial charge is 0.429 e. The highest BCUT2D eigenvalue weighted by molar-refractivity contribution is 5.89. The molecule has 1 nitrogen and oxygen atoms in total. The van der Waals surface area contributed by atoms with Gasteiger partial charge in [0.25, 0.3) is 0 Å². The van der Waals surface area contributed by atoms with E-state index in [2.05, 4.69) is 11.7 Å². The minimum Gasteiger partial charge on any atom is -0.429 e. The van der Waals surface area contributed by atoms with Crippen molar-refractivity contribution in [3.63, 3.8) is 0 Å². The number of hydrogen-bond acceptors (Lipinski definition) is 1. The minimum absolute atomic E-state index is 0.0282. The van der Waals surface area contributed by atoms with Crippen LogP contribution in [0.5, 0.6) is 5.75 Å². The van der Waals surface area contributed by atoms with Gasteiger partial charge in [-0.05, 0) is 72.2 Å². The van der Waals surface area contributed by atoms with Crippen LogP contribution in [0.15, 0.2) is 54.6 Å². The van der Waals surface area contributed by atoms with E-state index >= 15 is 13.2 Å². The number of rotatable bonds is 7. The Labute approximate surface area is 231 Å².